The van der Waals surface area contributed by atoms with E-state index >= 15 is 0 Å². The van der Waals surface area contributed by atoms with Gasteiger partial charge in [-0.15, -0.1) is 11.8 Å². The highest BCUT2D eigenvalue weighted by atomic mass is 32.2. The fourth-order valence-electron chi connectivity index (χ4n) is 1.43. The predicted molar refractivity (Wildman–Crippen MR) is 51.4 cm³/mol. The summed E-state index contributed by atoms with van der Waals surface area (Å²) in [5.74, 6) is 0.914. The molecule has 1 aromatic heterocycles. The van der Waals surface area contributed by atoms with Crippen molar-refractivity contribution in [2.75, 3.05) is 5.75 Å². The van der Waals surface area contributed by atoms with Gasteiger partial charge in [-0.05, 0) is 13.0 Å². The Labute approximate surface area is 79.8 Å². The number of pyridine rings is 1. The number of carbonyl (C=O) groups is 1. The molecule has 68 valence electrons. The van der Waals surface area contributed by atoms with Crippen molar-refractivity contribution >= 4 is 17.5 Å². The molecular formula is C9H9NO2S. The topological polar surface area (TPSA) is 39.1 Å². The number of rotatable bonds is 1. The highest BCUT2D eigenvalue weighted by molar-refractivity contribution is 7.99. The van der Waals surface area contributed by atoms with Crippen LogP contribution in [0.5, 0.6) is 0 Å². The molecule has 0 spiro atoms. The van der Waals surface area contributed by atoms with E-state index in [-0.39, 0.29) is 11.3 Å². The molecule has 0 radical (unpaired) electrons. The van der Waals surface area contributed by atoms with Crippen LogP contribution in [0.3, 0.4) is 0 Å². The molecule has 1 aliphatic rings. The fraction of sp³-hybridized carbons (Fsp3) is 0.333. The first-order valence-electron chi connectivity index (χ1n) is 4.08. The van der Waals surface area contributed by atoms with Crippen molar-refractivity contribution in [3.63, 3.8) is 0 Å². The lowest BCUT2D eigenvalue weighted by Crippen LogP contribution is -2.19. The summed E-state index contributed by atoms with van der Waals surface area (Å²) in [6.45, 7) is 2.25. The van der Waals surface area contributed by atoms with Crippen LogP contribution in [0.15, 0.2) is 22.0 Å². The minimum absolute atomic E-state index is 0.00926. The van der Waals surface area contributed by atoms with E-state index < -0.39 is 0 Å². The Balaban J connectivity index is 2.69. The van der Waals surface area contributed by atoms with Gasteiger partial charge in [-0.25, -0.2) is 0 Å². The van der Waals surface area contributed by atoms with Crippen molar-refractivity contribution < 1.29 is 4.79 Å². The second-order valence-corrected chi connectivity index (χ2v) is 4.03. The van der Waals surface area contributed by atoms with Crippen molar-refractivity contribution in [2.45, 2.75) is 18.5 Å². The standard InChI is InChI=1S/C9H9NO2S/c1-6(11)7-2-3-8(12)10-4-5-13-9(7)10/h2-3H,4-5H2,1H3. The molecule has 0 aromatic carbocycles. The van der Waals surface area contributed by atoms with E-state index in [0.29, 0.717) is 5.56 Å². The van der Waals surface area contributed by atoms with E-state index in [9.17, 15) is 9.59 Å². The number of nitrogens with zero attached hydrogens (tertiary/aromatic N) is 1. The minimum atomic E-state index is -0.00926. The lowest BCUT2D eigenvalue weighted by molar-refractivity contribution is 0.101. The highest BCUT2D eigenvalue weighted by Crippen LogP contribution is 2.27. The van der Waals surface area contributed by atoms with Crippen LogP contribution >= 0.6 is 11.8 Å². The zero-order valence-corrected chi connectivity index (χ0v) is 8.06. The van der Waals surface area contributed by atoms with Gasteiger partial charge in [0.1, 0.15) is 0 Å². The lowest BCUT2D eigenvalue weighted by atomic mass is 10.2. The maximum atomic E-state index is 11.3. The van der Waals surface area contributed by atoms with Crippen molar-refractivity contribution in [1.82, 2.24) is 4.57 Å². The zero-order valence-electron chi connectivity index (χ0n) is 7.24. The predicted octanol–water partition coefficient (Wildman–Crippen LogP) is 1.16. The van der Waals surface area contributed by atoms with E-state index in [2.05, 4.69) is 0 Å². The molecule has 0 fully saturated rings. The van der Waals surface area contributed by atoms with E-state index in [4.69, 9.17) is 0 Å². The van der Waals surface area contributed by atoms with Gasteiger partial charge in [0.2, 0.25) is 0 Å². The number of fused-ring (bicyclic) bond motifs is 1. The van der Waals surface area contributed by atoms with Crippen molar-refractivity contribution in [3.05, 3.63) is 28.0 Å². The average Bonchev–Trinajstić information content (AvgIpc) is 2.53. The summed E-state index contributed by atoms with van der Waals surface area (Å²) in [6.07, 6.45) is 0. The summed E-state index contributed by atoms with van der Waals surface area (Å²) in [5.41, 5.74) is 0.659. The Hall–Kier alpha value is -1.03. The van der Waals surface area contributed by atoms with E-state index in [0.717, 1.165) is 17.3 Å². The molecule has 1 aliphatic heterocycles. The van der Waals surface area contributed by atoms with Crippen LogP contribution in [0.4, 0.5) is 0 Å². The number of ketones is 1. The molecular weight excluding hydrogens is 186 g/mol. The van der Waals surface area contributed by atoms with Gasteiger partial charge in [0, 0.05) is 23.9 Å². The molecule has 0 aliphatic carbocycles. The van der Waals surface area contributed by atoms with E-state index in [1.54, 1.807) is 22.4 Å². The van der Waals surface area contributed by atoms with Gasteiger partial charge in [-0.2, -0.15) is 0 Å². The van der Waals surface area contributed by atoms with Crippen LogP contribution < -0.4 is 5.56 Å². The minimum Gasteiger partial charge on any atom is -0.302 e. The molecule has 4 heteroatoms. The van der Waals surface area contributed by atoms with E-state index in [1.807, 2.05) is 0 Å². The largest absolute Gasteiger partial charge is 0.302 e. The molecule has 2 heterocycles. The summed E-state index contributed by atoms with van der Waals surface area (Å²) in [7, 11) is 0. The Kier molecular flexibility index (Phi) is 2.00. The quantitative estimate of drug-likeness (QED) is 0.631. The Morgan fingerprint density at radius 2 is 2.31 bits per heavy atom. The second kappa shape index (κ2) is 3.03. The summed E-state index contributed by atoms with van der Waals surface area (Å²) in [4.78, 5) is 22.5. The van der Waals surface area contributed by atoms with Gasteiger partial charge in [0.15, 0.2) is 5.78 Å². The van der Waals surface area contributed by atoms with Gasteiger partial charge >= 0.3 is 0 Å². The van der Waals surface area contributed by atoms with Crippen molar-refractivity contribution in [2.24, 2.45) is 0 Å². The van der Waals surface area contributed by atoms with Gasteiger partial charge in [-0.1, -0.05) is 0 Å². The molecule has 2 rings (SSSR count). The van der Waals surface area contributed by atoms with Crippen molar-refractivity contribution in [1.29, 1.82) is 0 Å². The Morgan fingerprint density at radius 3 is 3.00 bits per heavy atom. The monoisotopic (exact) mass is 195 g/mol. The molecule has 0 unspecified atom stereocenters. The van der Waals surface area contributed by atoms with Crippen LogP contribution in [0.25, 0.3) is 0 Å². The molecule has 13 heavy (non-hydrogen) atoms. The third-order valence-electron chi connectivity index (χ3n) is 2.07. The number of thioether (sulfide) groups is 1. The molecule has 1 aromatic rings. The molecule has 3 nitrogen and oxygen atoms in total. The highest BCUT2D eigenvalue weighted by Gasteiger charge is 2.18. The Morgan fingerprint density at radius 1 is 1.54 bits per heavy atom. The van der Waals surface area contributed by atoms with Crippen LogP contribution in [0.1, 0.15) is 17.3 Å². The van der Waals surface area contributed by atoms with Gasteiger partial charge in [0.05, 0.1) is 5.03 Å². The first-order valence-corrected chi connectivity index (χ1v) is 5.06. The molecule has 0 saturated carbocycles. The zero-order chi connectivity index (χ0) is 9.42. The SMILES string of the molecule is CC(=O)c1ccc(=O)n2c1SCC2. The third-order valence-corrected chi connectivity index (χ3v) is 3.17. The van der Waals surface area contributed by atoms with Crippen LogP contribution in [-0.2, 0) is 6.54 Å². The summed E-state index contributed by atoms with van der Waals surface area (Å²) in [5, 5.41) is 0.833. The maximum Gasteiger partial charge on any atom is 0.251 e. The summed E-state index contributed by atoms with van der Waals surface area (Å²) >= 11 is 1.58. The molecule has 0 amide bonds. The Bertz CT molecular complexity index is 422. The molecule has 0 atom stereocenters. The maximum absolute atomic E-state index is 11.3. The van der Waals surface area contributed by atoms with Gasteiger partial charge in [-0.3, -0.25) is 9.59 Å². The van der Waals surface area contributed by atoms with Crippen LogP contribution in [-0.4, -0.2) is 16.1 Å². The van der Waals surface area contributed by atoms with Crippen LogP contribution in [0.2, 0.25) is 0 Å². The smallest absolute Gasteiger partial charge is 0.251 e. The van der Waals surface area contributed by atoms with Crippen LogP contribution in [0, 0.1) is 0 Å². The van der Waals surface area contributed by atoms with Crippen molar-refractivity contribution in [3.8, 4) is 0 Å². The number of hydrogen-bond acceptors (Lipinski definition) is 3. The summed E-state index contributed by atoms with van der Waals surface area (Å²) in [6, 6.07) is 3.08. The first kappa shape index (κ1) is 8.56. The average molecular weight is 195 g/mol. The molecule has 0 bridgehead atoms. The normalized spacial score (nSPS) is 14.2. The fourth-order valence-corrected chi connectivity index (χ4v) is 2.60. The van der Waals surface area contributed by atoms with Gasteiger partial charge in [0.25, 0.3) is 5.56 Å². The lowest BCUT2D eigenvalue weighted by Gasteiger charge is -2.04. The second-order valence-electron chi connectivity index (χ2n) is 2.95. The molecule has 0 N–H and O–H groups in total. The number of carbonyl (C=O) groups excluding carboxylic acids is 1. The first-order chi connectivity index (χ1) is 6.20. The number of hydrogen-bond donors (Lipinski definition) is 0. The van der Waals surface area contributed by atoms with Gasteiger partial charge < -0.3 is 4.57 Å². The molecule has 0 saturated heterocycles. The third kappa shape index (κ3) is 1.31. The summed E-state index contributed by atoms with van der Waals surface area (Å²) < 4.78 is 1.67. The number of Topliss-reactive ketones (excluding diaryl/α,β-unsaturated/α-hetero) is 1. The number of aromatic nitrogens is 1. The van der Waals surface area contributed by atoms with E-state index in [1.165, 1.54) is 13.0 Å².